The molecule has 0 aromatic rings. The number of rotatable bonds is 3. The standard InChI is InChI=1S/C13H24N2/c1-4-5-6-9-14-13(3)15-10-7-12(2)8-11-15/h6,9,12H,4-5,7-8,10-11H2,1-3H3/b9-6-,14-13+. The second-order valence-corrected chi connectivity index (χ2v) is 4.52. The van der Waals surface area contributed by atoms with Crippen LogP contribution in [-0.4, -0.2) is 23.8 Å². The monoisotopic (exact) mass is 208 g/mol. The molecule has 0 N–H and O–H groups in total. The maximum absolute atomic E-state index is 4.47. The normalized spacial score (nSPS) is 20.2. The van der Waals surface area contributed by atoms with Gasteiger partial charge >= 0.3 is 0 Å². The van der Waals surface area contributed by atoms with Gasteiger partial charge in [-0.1, -0.05) is 26.3 Å². The molecule has 0 unspecified atom stereocenters. The van der Waals surface area contributed by atoms with Crippen LogP contribution >= 0.6 is 0 Å². The van der Waals surface area contributed by atoms with Crippen LogP contribution in [0.25, 0.3) is 0 Å². The lowest BCUT2D eigenvalue weighted by Crippen LogP contribution is -2.36. The van der Waals surface area contributed by atoms with Crippen molar-refractivity contribution in [2.24, 2.45) is 10.9 Å². The Labute approximate surface area is 94.1 Å². The molecule has 2 heteroatoms. The van der Waals surface area contributed by atoms with Crippen molar-refractivity contribution < 1.29 is 0 Å². The summed E-state index contributed by atoms with van der Waals surface area (Å²) in [7, 11) is 0. The summed E-state index contributed by atoms with van der Waals surface area (Å²) in [5.74, 6) is 2.07. The molecule has 1 heterocycles. The van der Waals surface area contributed by atoms with E-state index in [-0.39, 0.29) is 0 Å². The lowest BCUT2D eigenvalue weighted by molar-refractivity contribution is 0.279. The van der Waals surface area contributed by atoms with E-state index in [4.69, 9.17) is 0 Å². The second-order valence-electron chi connectivity index (χ2n) is 4.52. The van der Waals surface area contributed by atoms with Gasteiger partial charge in [-0.05, 0) is 32.1 Å². The van der Waals surface area contributed by atoms with Crippen molar-refractivity contribution in [1.29, 1.82) is 0 Å². The number of hydrogen-bond donors (Lipinski definition) is 0. The minimum atomic E-state index is 0.893. The highest BCUT2D eigenvalue weighted by atomic mass is 15.2. The number of nitrogens with zero attached hydrogens (tertiary/aromatic N) is 2. The first kappa shape index (κ1) is 12.3. The summed E-state index contributed by atoms with van der Waals surface area (Å²) in [5, 5.41) is 0. The van der Waals surface area contributed by atoms with Crippen molar-refractivity contribution >= 4 is 5.84 Å². The highest BCUT2D eigenvalue weighted by Crippen LogP contribution is 2.16. The number of piperidine rings is 1. The van der Waals surface area contributed by atoms with E-state index in [1.54, 1.807) is 0 Å². The first-order valence-electron chi connectivity index (χ1n) is 6.18. The lowest BCUT2D eigenvalue weighted by Gasteiger charge is -2.31. The third-order valence-corrected chi connectivity index (χ3v) is 3.06. The third kappa shape index (κ3) is 4.50. The molecule has 0 aromatic carbocycles. The molecule has 1 aliphatic rings. The lowest BCUT2D eigenvalue weighted by atomic mass is 9.99. The number of aliphatic imine (C=N–C) groups is 1. The van der Waals surface area contributed by atoms with Crippen LogP contribution in [0.2, 0.25) is 0 Å². The highest BCUT2D eigenvalue weighted by Gasteiger charge is 2.15. The van der Waals surface area contributed by atoms with Crippen LogP contribution in [0.15, 0.2) is 17.3 Å². The van der Waals surface area contributed by atoms with E-state index in [9.17, 15) is 0 Å². The Bertz CT molecular complexity index is 223. The molecule has 86 valence electrons. The minimum Gasteiger partial charge on any atom is -0.360 e. The molecule has 0 radical (unpaired) electrons. The van der Waals surface area contributed by atoms with Gasteiger partial charge in [-0.3, -0.25) is 0 Å². The van der Waals surface area contributed by atoms with Gasteiger partial charge in [0.25, 0.3) is 0 Å². The van der Waals surface area contributed by atoms with Crippen molar-refractivity contribution in [3.63, 3.8) is 0 Å². The molecule has 1 aliphatic heterocycles. The van der Waals surface area contributed by atoms with Crippen LogP contribution in [0.3, 0.4) is 0 Å². The Morgan fingerprint density at radius 2 is 2.07 bits per heavy atom. The number of unbranched alkanes of at least 4 members (excludes halogenated alkanes) is 1. The van der Waals surface area contributed by atoms with E-state index in [1.807, 2.05) is 6.20 Å². The molecule has 0 aromatic heterocycles. The molecule has 0 atom stereocenters. The summed E-state index contributed by atoms with van der Waals surface area (Å²) >= 11 is 0. The van der Waals surface area contributed by atoms with Gasteiger partial charge in [0.1, 0.15) is 5.84 Å². The topological polar surface area (TPSA) is 15.6 Å². The predicted molar refractivity (Wildman–Crippen MR) is 67.1 cm³/mol. The average molecular weight is 208 g/mol. The van der Waals surface area contributed by atoms with Gasteiger partial charge in [0.05, 0.1) is 0 Å². The number of likely N-dealkylation sites (tertiary alicyclic amines) is 1. The molecule has 0 bridgehead atoms. The smallest absolute Gasteiger partial charge is 0.101 e. The van der Waals surface area contributed by atoms with Crippen LogP contribution in [0.1, 0.15) is 46.5 Å². The van der Waals surface area contributed by atoms with Crippen molar-refractivity contribution in [2.45, 2.75) is 46.5 Å². The van der Waals surface area contributed by atoms with Gasteiger partial charge in [0.2, 0.25) is 0 Å². The fraction of sp³-hybridized carbons (Fsp3) is 0.769. The zero-order valence-electron chi connectivity index (χ0n) is 10.4. The van der Waals surface area contributed by atoms with Crippen LogP contribution in [0, 0.1) is 5.92 Å². The predicted octanol–water partition coefficient (Wildman–Crippen LogP) is 3.45. The third-order valence-electron chi connectivity index (χ3n) is 3.06. The minimum absolute atomic E-state index is 0.893. The van der Waals surface area contributed by atoms with E-state index in [0.29, 0.717) is 0 Å². The van der Waals surface area contributed by atoms with Crippen LogP contribution in [0.5, 0.6) is 0 Å². The number of hydrogen-bond acceptors (Lipinski definition) is 1. The van der Waals surface area contributed by atoms with E-state index in [1.165, 1.54) is 38.2 Å². The summed E-state index contributed by atoms with van der Waals surface area (Å²) < 4.78 is 0. The van der Waals surface area contributed by atoms with Crippen molar-refractivity contribution in [2.75, 3.05) is 13.1 Å². The van der Waals surface area contributed by atoms with Gasteiger partial charge in [-0.15, -0.1) is 0 Å². The van der Waals surface area contributed by atoms with Crippen LogP contribution in [-0.2, 0) is 0 Å². The van der Waals surface area contributed by atoms with E-state index >= 15 is 0 Å². The maximum atomic E-state index is 4.47. The summed E-state index contributed by atoms with van der Waals surface area (Å²) in [6.07, 6.45) is 9.06. The first-order valence-corrected chi connectivity index (χ1v) is 6.18. The Morgan fingerprint density at radius 3 is 2.67 bits per heavy atom. The van der Waals surface area contributed by atoms with Crippen molar-refractivity contribution in [1.82, 2.24) is 4.90 Å². The van der Waals surface area contributed by atoms with Gasteiger partial charge < -0.3 is 4.90 Å². The zero-order valence-corrected chi connectivity index (χ0v) is 10.4. The first-order chi connectivity index (χ1) is 7.24. The van der Waals surface area contributed by atoms with E-state index in [2.05, 4.69) is 36.7 Å². The van der Waals surface area contributed by atoms with E-state index < -0.39 is 0 Å². The Kier molecular flexibility index (Phi) is 5.44. The molecule has 1 rings (SSSR count). The summed E-state index contributed by atoms with van der Waals surface area (Å²) in [6.45, 7) is 9.00. The molecule has 0 aliphatic carbocycles. The van der Waals surface area contributed by atoms with Gasteiger partial charge in [0.15, 0.2) is 0 Å². The largest absolute Gasteiger partial charge is 0.360 e. The van der Waals surface area contributed by atoms with Gasteiger partial charge in [-0.2, -0.15) is 0 Å². The molecule has 0 amide bonds. The number of amidine groups is 1. The SMILES string of the molecule is CCC/C=C\N=C(/C)N1CCC(C)CC1. The molecule has 2 nitrogen and oxygen atoms in total. The maximum Gasteiger partial charge on any atom is 0.101 e. The van der Waals surface area contributed by atoms with Crippen molar-refractivity contribution in [3.8, 4) is 0 Å². The van der Waals surface area contributed by atoms with Gasteiger partial charge in [0, 0.05) is 19.3 Å². The molecule has 15 heavy (non-hydrogen) atoms. The van der Waals surface area contributed by atoms with Crippen LogP contribution in [0.4, 0.5) is 0 Å². The quantitative estimate of drug-likeness (QED) is 0.512. The van der Waals surface area contributed by atoms with Crippen molar-refractivity contribution in [3.05, 3.63) is 12.3 Å². The second kappa shape index (κ2) is 6.65. The fourth-order valence-corrected chi connectivity index (χ4v) is 1.82. The molecule has 0 spiro atoms. The van der Waals surface area contributed by atoms with Gasteiger partial charge in [-0.25, -0.2) is 4.99 Å². The summed E-state index contributed by atoms with van der Waals surface area (Å²) in [4.78, 5) is 6.87. The molecule has 0 saturated carbocycles. The summed E-state index contributed by atoms with van der Waals surface area (Å²) in [5.41, 5.74) is 0. The summed E-state index contributed by atoms with van der Waals surface area (Å²) in [6, 6.07) is 0. The Hall–Kier alpha value is -0.790. The number of allylic oxidation sites excluding steroid dienone is 1. The average Bonchev–Trinajstić information content (AvgIpc) is 2.25. The Balaban J connectivity index is 2.35. The van der Waals surface area contributed by atoms with E-state index in [0.717, 1.165) is 12.3 Å². The molecule has 1 saturated heterocycles. The highest BCUT2D eigenvalue weighted by molar-refractivity contribution is 5.80. The molecular formula is C13H24N2. The fourth-order valence-electron chi connectivity index (χ4n) is 1.82. The molecular weight excluding hydrogens is 184 g/mol. The molecule has 1 fully saturated rings. The van der Waals surface area contributed by atoms with Crippen LogP contribution < -0.4 is 0 Å². The zero-order chi connectivity index (χ0) is 11.1. The Morgan fingerprint density at radius 1 is 1.40 bits per heavy atom.